The third-order valence-corrected chi connectivity index (χ3v) is 5.83. The van der Waals surface area contributed by atoms with Crippen molar-refractivity contribution in [2.45, 2.75) is 19.6 Å². The van der Waals surface area contributed by atoms with E-state index in [0.717, 1.165) is 27.9 Å². The quantitative estimate of drug-likeness (QED) is 0.291. The third-order valence-electron chi connectivity index (χ3n) is 5.83. The van der Waals surface area contributed by atoms with E-state index in [1.54, 1.807) is 6.08 Å². The van der Waals surface area contributed by atoms with Gasteiger partial charge < -0.3 is 14.8 Å². The Balaban J connectivity index is 1.52. The highest BCUT2D eigenvalue weighted by molar-refractivity contribution is 5.94. The predicted octanol–water partition coefficient (Wildman–Crippen LogP) is 5.63. The van der Waals surface area contributed by atoms with Gasteiger partial charge in [-0.15, -0.1) is 0 Å². The molecule has 0 amide bonds. The molecule has 0 bridgehead atoms. The number of carbonyl (C=O) groups excluding carboxylic acids is 1. The van der Waals surface area contributed by atoms with Crippen molar-refractivity contribution in [2.75, 3.05) is 11.9 Å². The maximum absolute atomic E-state index is 13.1. The summed E-state index contributed by atoms with van der Waals surface area (Å²) in [4.78, 5) is 17.9. The zero-order chi connectivity index (χ0) is 23.5. The molecule has 0 fully saturated rings. The standard InChI is InChI=1S/C28H25N3O3/c1-3-17-33-27(32)25-19(2)29-28-30-23-11-7-8-12-24(23)31(28)26(25)21-13-15-22(16-14-21)34-18-20-9-5-4-6-10-20/h3-16,26H,1,17-18H2,2H3,(H,29,30)/t26-/m0/s1. The molecule has 5 rings (SSSR count). The summed E-state index contributed by atoms with van der Waals surface area (Å²) in [5.41, 5.74) is 5.07. The minimum atomic E-state index is -0.399. The first-order valence-corrected chi connectivity index (χ1v) is 11.1. The molecule has 1 aromatic heterocycles. The Kier molecular flexibility index (Phi) is 5.87. The number of nitrogens with one attached hydrogen (secondary N) is 1. The van der Waals surface area contributed by atoms with Crippen molar-refractivity contribution in [3.63, 3.8) is 0 Å². The summed E-state index contributed by atoms with van der Waals surface area (Å²) in [5.74, 6) is 1.06. The number of para-hydroxylation sites is 2. The van der Waals surface area contributed by atoms with E-state index in [0.29, 0.717) is 23.8 Å². The normalized spacial score (nSPS) is 14.9. The van der Waals surface area contributed by atoms with Gasteiger partial charge in [-0.05, 0) is 42.3 Å². The fraction of sp³-hybridized carbons (Fsp3) is 0.143. The zero-order valence-electron chi connectivity index (χ0n) is 18.9. The van der Waals surface area contributed by atoms with Crippen LogP contribution in [0.5, 0.6) is 5.75 Å². The summed E-state index contributed by atoms with van der Waals surface area (Å²) in [5, 5.41) is 3.29. The minimum absolute atomic E-state index is 0.145. The highest BCUT2D eigenvalue weighted by Gasteiger charge is 2.34. The maximum atomic E-state index is 13.1. The lowest BCUT2D eigenvalue weighted by Crippen LogP contribution is -2.29. The maximum Gasteiger partial charge on any atom is 0.338 e. The van der Waals surface area contributed by atoms with E-state index in [4.69, 9.17) is 14.5 Å². The van der Waals surface area contributed by atoms with Crippen molar-refractivity contribution >= 4 is 23.0 Å². The summed E-state index contributed by atoms with van der Waals surface area (Å²) < 4.78 is 13.5. The van der Waals surface area contributed by atoms with Gasteiger partial charge in [-0.1, -0.05) is 67.3 Å². The number of hydrogen-bond donors (Lipinski definition) is 1. The number of benzene rings is 3. The van der Waals surface area contributed by atoms with E-state index in [1.807, 2.05) is 90.4 Å². The van der Waals surface area contributed by atoms with Gasteiger partial charge in [0.1, 0.15) is 19.0 Å². The van der Waals surface area contributed by atoms with Crippen molar-refractivity contribution < 1.29 is 14.3 Å². The first-order chi connectivity index (χ1) is 16.7. The lowest BCUT2D eigenvalue weighted by molar-refractivity contribution is -0.138. The number of fused-ring (bicyclic) bond motifs is 3. The summed E-state index contributed by atoms with van der Waals surface area (Å²) in [6.45, 7) is 6.16. The number of ether oxygens (including phenoxy) is 2. The highest BCUT2D eigenvalue weighted by Crippen LogP contribution is 2.39. The molecule has 4 aromatic rings. The number of hydrogen-bond acceptors (Lipinski definition) is 5. The molecule has 1 aliphatic rings. The van der Waals surface area contributed by atoms with E-state index >= 15 is 0 Å². The van der Waals surface area contributed by atoms with Crippen LogP contribution in [0.4, 0.5) is 5.95 Å². The molecule has 0 saturated carbocycles. The Bertz CT molecular complexity index is 1370. The summed E-state index contributed by atoms with van der Waals surface area (Å²) in [6, 6.07) is 25.4. The Labute approximate surface area is 198 Å². The SMILES string of the molecule is C=CCOC(=O)C1=C(C)Nc2nc3ccccc3n2[C@H]1c1ccc(OCc2ccccc2)cc1. The van der Waals surface area contributed by atoms with Crippen LogP contribution in [0.1, 0.15) is 24.1 Å². The molecule has 3 aromatic carbocycles. The van der Waals surface area contributed by atoms with Gasteiger partial charge in [0, 0.05) is 5.70 Å². The number of aromatic nitrogens is 2. The van der Waals surface area contributed by atoms with Crippen molar-refractivity contribution in [3.8, 4) is 5.75 Å². The predicted molar refractivity (Wildman–Crippen MR) is 133 cm³/mol. The third kappa shape index (κ3) is 4.06. The largest absolute Gasteiger partial charge is 0.489 e. The monoisotopic (exact) mass is 451 g/mol. The Morgan fingerprint density at radius 3 is 2.56 bits per heavy atom. The van der Waals surface area contributed by atoms with E-state index in [-0.39, 0.29) is 12.6 Å². The minimum Gasteiger partial charge on any atom is -0.489 e. The molecule has 2 heterocycles. The second-order valence-electron chi connectivity index (χ2n) is 8.09. The van der Waals surface area contributed by atoms with Gasteiger partial charge in [-0.2, -0.15) is 0 Å². The summed E-state index contributed by atoms with van der Waals surface area (Å²) in [7, 11) is 0. The Hall–Kier alpha value is -4.32. The van der Waals surface area contributed by atoms with Gasteiger partial charge in [-0.25, -0.2) is 9.78 Å². The number of anilines is 1. The molecule has 170 valence electrons. The molecule has 0 radical (unpaired) electrons. The second kappa shape index (κ2) is 9.27. The molecule has 6 heteroatoms. The van der Waals surface area contributed by atoms with Crippen LogP contribution in [0.2, 0.25) is 0 Å². The zero-order valence-corrected chi connectivity index (χ0v) is 18.9. The van der Waals surface area contributed by atoms with E-state index in [2.05, 4.69) is 11.9 Å². The van der Waals surface area contributed by atoms with Gasteiger partial charge in [0.25, 0.3) is 0 Å². The van der Waals surface area contributed by atoms with Gasteiger partial charge in [-0.3, -0.25) is 4.57 Å². The molecule has 0 spiro atoms. The van der Waals surface area contributed by atoms with Gasteiger partial charge in [0.15, 0.2) is 0 Å². The average Bonchev–Trinajstić information content (AvgIpc) is 3.24. The molecule has 6 nitrogen and oxygen atoms in total. The number of esters is 1. The number of carbonyl (C=O) groups is 1. The van der Waals surface area contributed by atoms with Crippen LogP contribution < -0.4 is 10.1 Å². The van der Waals surface area contributed by atoms with Crippen LogP contribution in [-0.2, 0) is 16.1 Å². The van der Waals surface area contributed by atoms with Gasteiger partial charge in [0.2, 0.25) is 5.95 Å². The lowest BCUT2D eigenvalue weighted by atomic mass is 9.95. The van der Waals surface area contributed by atoms with E-state index in [1.165, 1.54) is 0 Å². The molecule has 0 saturated heterocycles. The van der Waals surface area contributed by atoms with Crippen molar-refractivity contribution in [1.82, 2.24) is 9.55 Å². The van der Waals surface area contributed by atoms with Crippen LogP contribution in [0, 0.1) is 0 Å². The van der Waals surface area contributed by atoms with Crippen LogP contribution in [0.15, 0.2) is 103 Å². The lowest BCUT2D eigenvalue weighted by Gasteiger charge is -2.30. The van der Waals surface area contributed by atoms with Crippen LogP contribution in [-0.4, -0.2) is 22.1 Å². The first kappa shape index (κ1) is 21.5. The van der Waals surface area contributed by atoms with Crippen LogP contribution >= 0.6 is 0 Å². The van der Waals surface area contributed by atoms with Crippen LogP contribution in [0.3, 0.4) is 0 Å². The number of imidazole rings is 1. The molecule has 1 N–H and O–H groups in total. The Morgan fingerprint density at radius 1 is 1.06 bits per heavy atom. The van der Waals surface area contributed by atoms with Crippen molar-refractivity contribution in [2.24, 2.45) is 0 Å². The van der Waals surface area contributed by atoms with E-state index < -0.39 is 6.04 Å². The highest BCUT2D eigenvalue weighted by atomic mass is 16.5. The molecular weight excluding hydrogens is 426 g/mol. The fourth-order valence-electron chi connectivity index (χ4n) is 4.24. The molecule has 0 unspecified atom stereocenters. The first-order valence-electron chi connectivity index (χ1n) is 11.1. The molecule has 1 aliphatic heterocycles. The average molecular weight is 452 g/mol. The van der Waals surface area contributed by atoms with Crippen LogP contribution in [0.25, 0.3) is 11.0 Å². The second-order valence-corrected chi connectivity index (χ2v) is 8.09. The van der Waals surface area contributed by atoms with Gasteiger partial charge >= 0.3 is 5.97 Å². The smallest absolute Gasteiger partial charge is 0.338 e. The molecule has 1 atom stereocenters. The Morgan fingerprint density at radius 2 is 1.79 bits per heavy atom. The summed E-state index contributed by atoms with van der Waals surface area (Å²) in [6.07, 6.45) is 1.57. The number of rotatable bonds is 7. The van der Waals surface area contributed by atoms with Crippen molar-refractivity contribution in [1.29, 1.82) is 0 Å². The number of nitrogens with zero attached hydrogens (tertiary/aromatic N) is 2. The fourth-order valence-corrected chi connectivity index (χ4v) is 4.24. The molecule has 34 heavy (non-hydrogen) atoms. The van der Waals surface area contributed by atoms with Gasteiger partial charge in [0.05, 0.1) is 22.6 Å². The molecule has 0 aliphatic carbocycles. The number of allylic oxidation sites excluding steroid dienone is 1. The molecular formula is C28H25N3O3. The van der Waals surface area contributed by atoms with E-state index in [9.17, 15) is 4.79 Å². The summed E-state index contributed by atoms with van der Waals surface area (Å²) >= 11 is 0. The topological polar surface area (TPSA) is 65.4 Å². The van der Waals surface area contributed by atoms with Crippen molar-refractivity contribution in [3.05, 3.63) is 114 Å².